The summed E-state index contributed by atoms with van der Waals surface area (Å²) >= 11 is 0. The largest absolute Gasteiger partial charge is 0.444 e. The van der Waals surface area contributed by atoms with Gasteiger partial charge in [0.15, 0.2) is 11.5 Å². The first-order chi connectivity index (χ1) is 33.5. The van der Waals surface area contributed by atoms with Crippen molar-refractivity contribution >= 4 is 64.4 Å². The molecule has 5 aromatic rings. The summed E-state index contributed by atoms with van der Waals surface area (Å²) in [5, 5.41) is 17.6. The van der Waals surface area contributed by atoms with E-state index in [0.717, 1.165) is 11.2 Å². The highest BCUT2D eigenvalue weighted by molar-refractivity contribution is 6.25. The minimum absolute atomic E-state index is 0.0229. The summed E-state index contributed by atoms with van der Waals surface area (Å²) in [6.45, 7) is 4.06. The summed E-state index contributed by atoms with van der Waals surface area (Å²) < 4.78 is 56.3. The number of oxazole rings is 1. The Morgan fingerprint density at radius 1 is 0.914 bits per heavy atom. The van der Waals surface area contributed by atoms with Gasteiger partial charge in [0.25, 0.3) is 23.6 Å². The first kappa shape index (κ1) is 48.5. The molecule has 2 fully saturated rings. The fraction of sp³-hybridized carbons (Fsp3) is 0.348. The molecule has 7 amide bonds. The molecule has 0 aliphatic carbocycles. The van der Waals surface area contributed by atoms with E-state index < -0.39 is 53.7 Å². The van der Waals surface area contributed by atoms with Crippen molar-refractivity contribution in [1.82, 2.24) is 35.3 Å². The van der Waals surface area contributed by atoms with Crippen LogP contribution in [0.1, 0.15) is 74.7 Å². The van der Waals surface area contributed by atoms with Gasteiger partial charge in [0, 0.05) is 54.5 Å². The smallest absolute Gasteiger partial charge is 0.405 e. The van der Waals surface area contributed by atoms with Crippen molar-refractivity contribution in [2.45, 2.75) is 45.3 Å². The van der Waals surface area contributed by atoms with Gasteiger partial charge >= 0.3 is 6.18 Å². The van der Waals surface area contributed by atoms with Crippen LogP contribution in [0, 0.1) is 5.41 Å². The molecule has 0 radical (unpaired) electrons. The number of fused-ring (bicyclic) bond motifs is 1. The van der Waals surface area contributed by atoms with Crippen LogP contribution in [0.3, 0.4) is 0 Å². The Morgan fingerprint density at radius 2 is 1.67 bits per heavy atom. The number of pyridine rings is 1. The van der Waals surface area contributed by atoms with Crippen LogP contribution in [-0.4, -0.2) is 131 Å². The van der Waals surface area contributed by atoms with Crippen molar-refractivity contribution in [3.63, 3.8) is 0 Å². The average molecular weight is 970 g/mol. The summed E-state index contributed by atoms with van der Waals surface area (Å²) in [7, 11) is 0. The Bertz CT molecular complexity index is 2850. The van der Waals surface area contributed by atoms with Crippen LogP contribution >= 0.6 is 0 Å². The van der Waals surface area contributed by atoms with Crippen LogP contribution in [-0.2, 0) is 23.9 Å². The van der Waals surface area contributed by atoms with E-state index in [4.69, 9.17) is 13.9 Å². The molecule has 6 heterocycles. The average Bonchev–Trinajstić information content (AvgIpc) is 4.11. The SMILES string of the molecule is CC1(C)CCN(c2nn(-c3ccc(C(=O)NCCOCCOCCNc4cccc5c4C(=O)N(C4CCC(=O)NC4=O)C5=O)cc3)cc2NC(=O)c2coc(-c3ccnc(NCC(F)(F)F)c3)n2)C1=O. The second-order valence-corrected chi connectivity index (χ2v) is 16.9. The molecule has 366 valence electrons. The lowest BCUT2D eigenvalue weighted by Crippen LogP contribution is -2.54. The Labute approximate surface area is 396 Å². The number of nitrogens with zero attached hydrogens (tertiary/aromatic N) is 6. The minimum atomic E-state index is -4.46. The van der Waals surface area contributed by atoms with Crippen molar-refractivity contribution in [2.24, 2.45) is 5.41 Å². The normalized spacial score (nSPS) is 16.6. The zero-order valence-corrected chi connectivity index (χ0v) is 37.7. The van der Waals surface area contributed by atoms with Gasteiger partial charge in [0.05, 0.1) is 49.4 Å². The Balaban J connectivity index is 0.795. The molecule has 1 unspecified atom stereocenters. The van der Waals surface area contributed by atoms with Crippen molar-refractivity contribution in [3.8, 4) is 17.1 Å². The second-order valence-electron chi connectivity index (χ2n) is 16.9. The Morgan fingerprint density at radius 3 is 2.39 bits per heavy atom. The van der Waals surface area contributed by atoms with E-state index in [2.05, 4.69) is 41.7 Å². The molecule has 0 saturated carbocycles. The Hall–Kier alpha value is -7.99. The highest BCUT2D eigenvalue weighted by Crippen LogP contribution is 2.38. The molecular formula is C46H46F3N11O10. The van der Waals surface area contributed by atoms with Crippen molar-refractivity contribution in [3.05, 3.63) is 95.6 Å². The van der Waals surface area contributed by atoms with Gasteiger partial charge in [0.1, 0.15) is 30.4 Å². The van der Waals surface area contributed by atoms with Gasteiger partial charge in [-0.1, -0.05) is 19.9 Å². The summed E-state index contributed by atoms with van der Waals surface area (Å²) in [6, 6.07) is 12.9. The lowest BCUT2D eigenvalue weighted by atomic mass is 9.92. The predicted octanol–water partition coefficient (Wildman–Crippen LogP) is 4.19. The molecule has 2 saturated heterocycles. The molecule has 24 heteroatoms. The summed E-state index contributed by atoms with van der Waals surface area (Å²) in [4.78, 5) is 101. The number of anilines is 4. The van der Waals surface area contributed by atoms with Gasteiger partial charge in [-0.2, -0.15) is 13.2 Å². The van der Waals surface area contributed by atoms with E-state index in [-0.39, 0.29) is 103 Å². The van der Waals surface area contributed by atoms with E-state index in [1.807, 2.05) is 13.8 Å². The van der Waals surface area contributed by atoms with Crippen LogP contribution < -0.4 is 31.5 Å². The number of ether oxygens (including phenoxy) is 2. The first-order valence-corrected chi connectivity index (χ1v) is 22.1. The van der Waals surface area contributed by atoms with Crippen LogP contribution in [0.5, 0.6) is 0 Å². The van der Waals surface area contributed by atoms with Gasteiger partial charge < -0.3 is 35.2 Å². The number of halogens is 3. The first-order valence-electron chi connectivity index (χ1n) is 22.1. The molecule has 0 spiro atoms. The molecule has 2 aromatic carbocycles. The number of benzene rings is 2. The second kappa shape index (κ2) is 20.3. The van der Waals surface area contributed by atoms with Gasteiger partial charge in [0.2, 0.25) is 23.6 Å². The third kappa shape index (κ3) is 10.8. The van der Waals surface area contributed by atoms with E-state index in [0.29, 0.717) is 36.4 Å². The number of rotatable bonds is 19. The van der Waals surface area contributed by atoms with Crippen molar-refractivity contribution in [2.75, 3.05) is 73.5 Å². The van der Waals surface area contributed by atoms with Gasteiger partial charge in [-0.05, 0) is 61.4 Å². The molecule has 1 atom stereocenters. The van der Waals surface area contributed by atoms with Crippen LogP contribution in [0.2, 0.25) is 0 Å². The van der Waals surface area contributed by atoms with Crippen molar-refractivity contribution < 1.29 is 60.6 Å². The molecule has 8 rings (SSSR count). The van der Waals surface area contributed by atoms with Crippen LogP contribution in [0.15, 0.2) is 77.7 Å². The summed E-state index contributed by atoms with van der Waals surface area (Å²) in [5.41, 5.74) is 1.20. The number of alkyl halides is 3. The van der Waals surface area contributed by atoms with Crippen LogP contribution in [0.4, 0.5) is 36.2 Å². The number of amides is 7. The molecule has 3 aromatic heterocycles. The maximum absolute atomic E-state index is 13.5. The maximum atomic E-state index is 13.5. The number of aromatic nitrogens is 4. The maximum Gasteiger partial charge on any atom is 0.405 e. The topological polar surface area (TPSA) is 261 Å². The number of carbonyl (C=O) groups is 7. The van der Waals surface area contributed by atoms with E-state index in [1.54, 1.807) is 36.4 Å². The molecule has 3 aliphatic rings. The molecular weight excluding hydrogens is 924 g/mol. The molecule has 70 heavy (non-hydrogen) atoms. The number of piperidine rings is 1. The lowest BCUT2D eigenvalue weighted by molar-refractivity contribution is -0.136. The van der Waals surface area contributed by atoms with Gasteiger partial charge in [-0.3, -0.25) is 48.7 Å². The standard InChI is InChI=1S/C46H46F3N11O10/c1-45(2)13-17-58(44(45)67)37-31(54-39(63)32-24-70-41(55-32)27-12-14-51-34(22-27)53-25-46(47,48)49)23-59(57-37)28-8-6-26(7-9-28)38(62)52-16-19-69-21-20-68-18-15-50-30-5-3-4-29-36(30)43(66)60(42(29)65)33-10-11-35(61)56-40(33)64/h3-9,12,14,22-24,33,50H,10-11,13,15-21,25H2,1-2H3,(H,51,53)(H,52,62)(H,54,63)(H,56,61,64). The van der Waals surface area contributed by atoms with E-state index >= 15 is 0 Å². The monoisotopic (exact) mass is 969 g/mol. The number of imide groups is 2. The van der Waals surface area contributed by atoms with Crippen LogP contribution in [0.25, 0.3) is 17.1 Å². The summed E-state index contributed by atoms with van der Waals surface area (Å²) in [5.74, 6) is -3.56. The minimum Gasteiger partial charge on any atom is -0.444 e. The predicted molar refractivity (Wildman–Crippen MR) is 242 cm³/mol. The Kier molecular flexibility index (Phi) is 14.1. The fourth-order valence-corrected chi connectivity index (χ4v) is 7.85. The van der Waals surface area contributed by atoms with Gasteiger partial charge in [-0.15, -0.1) is 5.10 Å². The molecule has 21 nitrogen and oxygen atoms in total. The molecule has 3 aliphatic heterocycles. The molecule has 5 N–H and O–H groups in total. The fourth-order valence-electron chi connectivity index (χ4n) is 7.85. The lowest BCUT2D eigenvalue weighted by Gasteiger charge is -2.27. The third-order valence-electron chi connectivity index (χ3n) is 11.5. The highest BCUT2D eigenvalue weighted by atomic mass is 19.4. The summed E-state index contributed by atoms with van der Waals surface area (Å²) in [6.07, 6.45) is 0.0297. The number of nitrogens with one attached hydrogen (secondary N) is 5. The molecule has 0 bridgehead atoms. The van der Waals surface area contributed by atoms with E-state index in [9.17, 15) is 46.7 Å². The zero-order valence-electron chi connectivity index (χ0n) is 37.7. The quantitative estimate of drug-likeness (QED) is 0.0574. The van der Waals surface area contributed by atoms with Gasteiger partial charge in [-0.25, -0.2) is 14.6 Å². The number of carbonyl (C=O) groups excluding carboxylic acids is 7. The number of hydrogen-bond acceptors (Lipinski definition) is 15. The highest BCUT2D eigenvalue weighted by Gasteiger charge is 2.46. The zero-order chi connectivity index (χ0) is 49.7. The third-order valence-corrected chi connectivity index (χ3v) is 11.5. The van der Waals surface area contributed by atoms with Crippen molar-refractivity contribution in [1.29, 1.82) is 0 Å². The number of hydrogen-bond donors (Lipinski definition) is 5. The van der Waals surface area contributed by atoms with E-state index in [1.165, 1.54) is 40.2 Å².